The third kappa shape index (κ3) is 3.88. The Labute approximate surface area is 108 Å². The van der Waals surface area contributed by atoms with Crippen molar-refractivity contribution in [2.24, 2.45) is 11.7 Å². The summed E-state index contributed by atoms with van der Waals surface area (Å²) in [5.41, 5.74) is 6.05. The van der Waals surface area contributed by atoms with Crippen LogP contribution in [0.1, 0.15) is 37.9 Å². The molecule has 100 valence electrons. The molecule has 1 aliphatic carbocycles. The zero-order valence-electron chi connectivity index (χ0n) is 10.7. The van der Waals surface area contributed by atoms with Crippen LogP contribution in [0.3, 0.4) is 0 Å². The number of amides is 1. The molecule has 1 fully saturated rings. The minimum atomic E-state index is 0.0872. The van der Waals surface area contributed by atoms with Gasteiger partial charge in [0.15, 0.2) is 0 Å². The molecule has 0 spiro atoms. The second kappa shape index (κ2) is 6.59. The van der Waals surface area contributed by atoms with Crippen LogP contribution in [0, 0.1) is 5.92 Å². The van der Waals surface area contributed by atoms with Crippen molar-refractivity contribution in [3.63, 3.8) is 0 Å². The fraction of sp³-hybridized carbons (Fsp3) is 0.643. The van der Waals surface area contributed by atoms with Gasteiger partial charge in [-0.1, -0.05) is 12.8 Å². The van der Waals surface area contributed by atoms with E-state index in [2.05, 4.69) is 5.32 Å². The lowest BCUT2D eigenvalue weighted by atomic mass is 9.85. The molecule has 4 nitrogen and oxygen atoms in total. The van der Waals surface area contributed by atoms with Gasteiger partial charge in [-0.15, -0.1) is 0 Å². The van der Waals surface area contributed by atoms with E-state index in [4.69, 9.17) is 10.2 Å². The Hall–Kier alpha value is -1.29. The number of carbonyl (C=O) groups excluding carboxylic acids is 1. The van der Waals surface area contributed by atoms with E-state index < -0.39 is 0 Å². The molecule has 0 aliphatic heterocycles. The molecule has 1 saturated carbocycles. The molecule has 0 bridgehead atoms. The Balaban J connectivity index is 1.65. The van der Waals surface area contributed by atoms with Crippen LogP contribution in [0.25, 0.3) is 0 Å². The van der Waals surface area contributed by atoms with Gasteiger partial charge >= 0.3 is 0 Å². The highest BCUT2D eigenvalue weighted by molar-refractivity contribution is 5.76. The van der Waals surface area contributed by atoms with Crippen molar-refractivity contribution in [3.05, 3.63) is 24.2 Å². The molecule has 3 N–H and O–H groups in total. The second-order valence-electron chi connectivity index (χ2n) is 5.09. The molecule has 2 unspecified atom stereocenters. The predicted octanol–water partition coefficient (Wildman–Crippen LogP) is 1.85. The molecule has 1 amide bonds. The number of hydrogen-bond acceptors (Lipinski definition) is 3. The summed E-state index contributed by atoms with van der Waals surface area (Å²) < 4.78 is 5.20. The summed E-state index contributed by atoms with van der Waals surface area (Å²) in [5.74, 6) is 1.40. The maximum atomic E-state index is 11.7. The molecule has 2 atom stereocenters. The summed E-state index contributed by atoms with van der Waals surface area (Å²) in [7, 11) is 0. The van der Waals surface area contributed by atoms with Gasteiger partial charge in [0.05, 0.1) is 6.26 Å². The average molecular weight is 250 g/mol. The first kappa shape index (κ1) is 13.1. The summed E-state index contributed by atoms with van der Waals surface area (Å²) >= 11 is 0. The van der Waals surface area contributed by atoms with Crippen molar-refractivity contribution in [2.45, 2.75) is 44.6 Å². The van der Waals surface area contributed by atoms with Gasteiger partial charge in [0.2, 0.25) is 5.91 Å². The Kier molecular flexibility index (Phi) is 4.81. The number of furan rings is 1. The Morgan fingerprint density at radius 2 is 2.28 bits per heavy atom. The van der Waals surface area contributed by atoms with E-state index in [1.165, 1.54) is 12.8 Å². The summed E-state index contributed by atoms with van der Waals surface area (Å²) in [6, 6.07) is 3.99. The minimum Gasteiger partial charge on any atom is -0.469 e. The highest BCUT2D eigenvalue weighted by Crippen LogP contribution is 2.22. The van der Waals surface area contributed by atoms with Gasteiger partial charge in [-0.2, -0.15) is 0 Å². The summed E-state index contributed by atoms with van der Waals surface area (Å²) in [4.78, 5) is 11.7. The van der Waals surface area contributed by atoms with Crippen LogP contribution in [0.4, 0.5) is 0 Å². The van der Waals surface area contributed by atoms with Gasteiger partial charge in [0, 0.05) is 25.4 Å². The fourth-order valence-corrected chi connectivity index (χ4v) is 2.51. The van der Waals surface area contributed by atoms with Gasteiger partial charge in [0.1, 0.15) is 5.76 Å². The lowest BCUT2D eigenvalue weighted by Crippen LogP contribution is -2.41. The van der Waals surface area contributed by atoms with Crippen molar-refractivity contribution < 1.29 is 9.21 Å². The third-order valence-corrected chi connectivity index (χ3v) is 3.71. The number of nitrogens with two attached hydrogens (primary N) is 1. The van der Waals surface area contributed by atoms with Crippen LogP contribution in [0.2, 0.25) is 0 Å². The Morgan fingerprint density at radius 1 is 1.44 bits per heavy atom. The predicted molar refractivity (Wildman–Crippen MR) is 70.0 cm³/mol. The minimum absolute atomic E-state index is 0.0872. The monoisotopic (exact) mass is 250 g/mol. The van der Waals surface area contributed by atoms with Gasteiger partial charge in [0.25, 0.3) is 0 Å². The summed E-state index contributed by atoms with van der Waals surface area (Å²) in [6.07, 6.45) is 7.47. The molecule has 1 aliphatic rings. The van der Waals surface area contributed by atoms with Crippen molar-refractivity contribution >= 4 is 5.91 Å². The Bertz CT molecular complexity index is 362. The highest BCUT2D eigenvalue weighted by atomic mass is 16.3. The molecular formula is C14H22N2O2. The van der Waals surface area contributed by atoms with E-state index in [0.29, 0.717) is 18.8 Å². The lowest BCUT2D eigenvalue weighted by molar-refractivity contribution is -0.121. The van der Waals surface area contributed by atoms with E-state index >= 15 is 0 Å². The molecule has 1 aromatic heterocycles. The van der Waals surface area contributed by atoms with Crippen molar-refractivity contribution in [2.75, 3.05) is 6.54 Å². The number of rotatable bonds is 5. The van der Waals surface area contributed by atoms with E-state index in [-0.39, 0.29) is 11.9 Å². The molecule has 1 aromatic rings. The quantitative estimate of drug-likeness (QED) is 0.838. The average Bonchev–Trinajstić information content (AvgIpc) is 2.88. The third-order valence-electron chi connectivity index (χ3n) is 3.71. The van der Waals surface area contributed by atoms with Crippen LogP contribution >= 0.6 is 0 Å². The molecule has 0 aromatic carbocycles. The van der Waals surface area contributed by atoms with E-state index in [1.54, 1.807) is 6.26 Å². The SMILES string of the molecule is NC1CCCCC1CNC(=O)CCc1ccco1. The summed E-state index contributed by atoms with van der Waals surface area (Å²) in [5, 5.41) is 2.98. The number of nitrogens with one attached hydrogen (secondary N) is 1. The lowest BCUT2D eigenvalue weighted by Gasteiger charge is -2.28. The zero-order valence-corrected chi connectivity index (χ0v) is 10.7. The summed E-state index contributed by atoms with van der Waals surface area (Å²) in [6.45, 7) is 0.720. The largest absolute Gasteiger partial charge is 0.469 e. The van der Waals surface area contributed by atoms with Crippen LogP contribution in [0.5, 0.6) is 0 Å². The normalized spacial score (nSPS) is 23.8. The molecule has 18 heavy (non-hydrogen) atoms. The number of aryl methyl sites for hydroxylation is 1. The first-order valence-electron chi connectivity index (χ1n) is 6.80. The van der Waals surface area contributed by atoms with Crippen LogP contribution in [-0.4, -0.2) is 18.5 Å². The van der Waals surface area contributed by atoms with E-state index in [0.717, 1.165) is 25.1 Å². The first-order chi connectivity index (χ1) is 8.75. The second-order valence-corrected chi connectivity index (χ2v) is 5.09. The zero-order chi connectivity index (χ0) is 12.8. The number of carbonyl (C=O) groups is 1. The maximum Gasteiger partial charge on any atom is 0.220 e. The van der Waals surface area contributed by atoms with E-state index in [9.17, 15) is 4.79 Å². The van der Waals surface area contributed by atoms with Gasteiger partial charge in [-0.05, 0) is 30.9 Å². The molecule has 1 heterocycles. The molecule has 2 rings (SSSR count). The van der Waals surface area contributed by atoms with Gasteiger partial charge < -0.3 is 15.5 Å². The first-order valence-corrected chi connectivity index (χ1v) is 6.80. The topological polar surface area (TPSA) is 68.3 Å². The smallest absolute Gasteiger partial charge is 0.220 e. The van der Waals surface area contributed by atoms with E-state index in [1.807, 2.05) is 12.1 Å². The van der Waals surface area contributed by atoms with Crippen LogP contribution in [0.15, 0.2) is 22.8 Å². The number of hydrogen-bond donors (Lipinski definition) is 2. The molecular weight excluding hydrogens is 228 g/mol. The highest BCUT2D eigenvalue weighted by Gasteiger charge is 2.21. The molecule has 4 heteroatoms. The standard InChI is InChI=1S/C14H22N2O2/c15-13-6-2-1-4-11(13)10-16-14(17)8-7-12-5-3-9-18-12/h3,5,9,11,13H,1-2,4,6-8,10,15H2,(H,16,17). The van der Waals surface area contributed by atoms with Gasteiger partial charge in [-0.3, -0.25) is 4.79 Å². The molecule has 0 radical (unpaired) electrons. The fourth-order valence-electron chi connectivity index (χ4n) is 2.51. The Morgan fingerprint density at radius 3 is 3.00 bits per heavy atom. The van der Waals surface area contributed by atoms with Crippen molar-refractivity contribution in [3.8, 4) is 0 Å². The van der Waals surface area contributed by atoms with Crippen molar-refractivity contribution in [1.29, 1.82) is 0 Å². The maximum absolute atomic E-state index is 11.7. The van der Waals surface area contributed by atoms with Crippen LogP contribution < -0.4 is 11.1 Å². The van der Waals surface area contributed by atoms with Crippen molar-refractivity contribution in [1.82, 2.24) is 5.32 Å². The molecule has 0 saturated heterocycles. The van der Waals surface area contributed by atoms with Gasteiger partial charge in [-0.25, -0.2) is 0 Å². The van der Waals surface area contributed by atoms with Crippen LogP contribution in [-0.2, 0) is 11.2 Å².